The Bertz CT molecular complexity index is 556. The van der Waals surface area contributed by atoms with Gasteiger partial charge in [-0.05, 0) is 26.0 Å². The lowest BCUT2D eigenvalue weighted by molar-refractivity contribution is -0.143. The summed E-state index contributed by atoms with van der Waals surface area (Å²) >= 11 is 0. The van der Waals surface area contributed by atoms with Crippen LogP contribution < -0.4 is 5.32 Å². The molecule has 0 aliphatic heterocycles. The lowest BCUT2D eigenvalue weighted by Gasteiger charge is -2.18. The van der Waals surface area contributed by atoms with E-state index in [4.69, 9.17) is 9.84 Å². The molecule has 0 radical (unpaired) electrons. The summed E-state index contributed by atoms with van der Waals surface area (Å²) in [6.45, 7) is 3.44. The Kier molecular flexibility index (Phi) is 5.71. The number of aryl methyl sites for hydroxylation is 1. The molecule has 0 fully saturated rings. The largest absolute Gasteiger partial charge is 0.478 e. The molecule has 1 aromatic carbocycles. The molecule has 2 amide bonds. The fourth-order valence-corrected chi connectivity index (χ4v) is 1.63. The minimum absolute atomic E-state index is 0.00659. The van der Waals surface area contributed by atoms with Crippen LogP contribution in [0.15, 0.2) is 18.2 Å². The highest BCUT2D eigenvalue weighted by Crippen LogP contribution is 2.17. The number of esters is 1. The standard InChI is InChI=1S/C14H18N2O5/c1-4-21-12(17)8-16(3)14(20)15-11-6-5-9(2)7-10(11)13(18)19/h5-7H,4,8H2,1-3H3,(H,15,20)(H,18,19). The van der Waals surface area contributed by atoms with Crippen LogP contribution >= 0.6 is 0 Å². The number of carbonyl (C=O) groups is 3. The summed E-state index contributed by atoms with van der Waals surface area (Å²) in [6, 6.07) is 4.07. The lowest BCUT2D eigenvalue weighted by Crippen LogP contribution is -2.36. The van der Waals surface area contributed by atoms with Crippen LogP contribution in [0.3, 0.4) is 0 Å². The van der Waals surface area contributed by atoms with Gasteiger partial charge in [0.2, 0.25) is 0 Å². The highest BCUT2D eigenvalue weighted by atomic mass is 16.5. The first-order valence-electron chi connectivity index (χ1n) is 6.36. The first kappa shape index (κ1) is 16.5. The molecule has 7 nitrogen and oxygen atoms in total. The molecule has 0 atom stereocenters. The van der Waals surface area contributed by atoms with Gasteiger partial charge < -0.3 is 20.1 Å². The van der Waals surface area contributed by atoms with Crippen LogP contribution in [0.1, 0.15) is 22.8 Å². The number of hydrogen-bond donors (Lipinski definition) is 2. The quantitative estimate of drug-likeness (QED) is 0.806. The number of aromatic carboxylic acids is 1. The Morgan fingerprint density at radius 3 is 2.57 bits per heavy atom. The van der Waals surface area contributed by atoms with Crippen LogP contribution in [0.4, 0.5) is 10.5 Å². The number of rotatable bonds is 5. The summed E-state index contributed by atoms with van der Waals surface area (Å²) < 4.78 is 4.74. The zero-order valence-electron chi connectivity index (χ0n) is 12.2. The number of urea groups is 1. The molecule has 0 heterocycles. The average molecular weight is 294 g/mol. The van der Waals surface area contributed by atoms with E-state index in [1.165, 1.54) is 19.2 Å². The number of benzene rings is 1. The summed E-state index contributed by atoms with van der Waals surface area (Å²) in [5.41, 5.74) is 0.937. The molecule has 0 spiro atoms. The maximum atomic E-state index is 11.9. The predicted molar refractivity (Wildman–Crippen MR) is 76.4 cm³/mol. The van der Waals surface area contributed by atoms with Crippen LogP contribution in [-0.4, -0.2) is 48.2 Å². The van der Waals surface area contributed by atoms with Gasteiger partial charge in [-0.2, -0.15) is 0 Å². The molecule has 0 bridgehead atoms. The van der Waals surface area contributed by atoms with Gasteiger partial charge in [-0.3, -0.25) is 4.79 Å². The van der Waals surface area contributed by atoms with Gasteiger partial charge in [-0.25, -0.2) is 9.59 Å². The van der Waals surface area contributed by atoms with Gasteiger partial charge in [-0.1, -0.05) is 11.6 Å². The summed E-state index contributed by atoms with van der Waals surface area (Å²) in [4.78, 5) is 35.5. The molecule has 0 aliphatic carbocycles. The molecule has 1 rings (SSSR count). The van der Waals surface area contributed by atoms with Gasteiger partial charge >= 0.3 is 18.0 Å². The van der Waals surface area contributed by atoms with Crippen LogP contribution in [0, 0.1) is 6.92 Å². The second-order valence-corrected chi connectivity index (χ2v) is 4.45. The third kappa shape index (κ3) is 4.79. The zero-order valence-corrected chi connectivity index (χ0v) is 12.2. The number of likely N-dealkylation sites (N-methyl/N-ethyl adjacent to an activating group) is 1. The van der Waals surface area contributed by atoms with E-state index in [0.29, 0.717) is 0 Å². The summed E-state index contributed by atoms with van der Waals surface area (Å²) in [7, 11) is 1.42. The van der Waals surface area contributed by atoms with E-state index in [-0.39, 0.29) is 24.4 Å². The monoisotopic (exact) mass is 294 g/mol. The van der Waals surface area contributed by atoms with Crippen molar-refractivity contribution in [3.8, 4) is 0 Å². The van der Waals surface area contributed by atoms with Gasteiger partial charge in [0.25, 0.3) is 0 Å². The number of nitrogens with zero attached hydrogens (tertiary/aromatic N) is 1. The molecule has 0 aromatic heterocycles. The Balaban J connectivity index is 2.79. The molecule has 2 N–H and O–H groups in total. The van der Waals surface area contributed by atoms with Gasteiger partial charge in [0.15, 0.2) is 0 Å². The molecule has 7 heteroatoms. The van der Waals surface area contributed by atoms with Crippen molar-refractivity contribution in [1.29, 1.82) is 0 Å². The minimum Gasteiger partial charge on any atom is -0.478 e. The van der Waals surface area contributed by atoms with Gasteiger partial charge in [0.1, 0.15) is 6.54 Å². The normalized spacial score (nSPS) is 9.86. The molecule has 0 unspecified atom stereocenters. The second kappa shape index (κ2) is 7.28. The van der Waals surface area contributed by atoms with Gasteiger partial charge in [0.05, 0.1) is 17.9 Å². The lowest BCUT2D eigenvalue weighted by atomic mass is 10.1. The number of carboxylic acids is 1. The van der Waals surface area contributed by atoms with E-state index in [2.05, 4.69) is 5.32 Å². The molecule has 0 saturated heterocycles. The number of hydrogen-bond acceptors (Lipinski definition) is 4. The Morgan fingerprint density at radius 1 is 1.33 bits per heavy atom. The number of anilines is 1. The fraction of sp³-hybridized carbons (Fsp3) is 0.357. The van der Waals surface area contributed by atoms with Gasteiger partial charge in [0, 0.05) is 7.05 Å². The van der Waals surface area contributed by atoms with Crippen LogP contribution in [-0.2, 0) is 9.53 Å². The van der Waals surface area contributed by atoms with Crippen molar-refractivity contribution in [2.75, 3.05) is 25.5 Å². The van der Waals surface area contributed by atoms with E-state index in [1.807, 2.05) is 0 Å². The SMILES string of the molecule is CCOC(=O)CN(C)C(=O)Nc1ccc(C)cc1C(=O)O. The maximum absolute atomic E-state index is 11.9. The zero-order chi connectivity index (χ0) is 16.0. The van der Waals surface area contributed by atoms with Crippen molar-refractivity contribution in [2.45, 2.75) is 13.8 Å². The molecular weight excluding hydrogens is 276 g/mol. The van der Waals surface area contributed by atoms with Crippen molar-refractivity contribution in [1.82, 2.24) is 4.90 Å². The summed E-state index contributed by atoms with van der Waals surface area (Å²) in [5, 5.41) is 11.6. The molecule has 21 heavy (non-hydrogen) atoms. The Labute approximate surface area is 122 Å². The average Bonchev–Trinajstić information content (AvgIpc) is 2.40. The fourth-order valence-electron chi connectivity index (χ4n) is 1.63. The summed E-state index contributed by atoms with van der Waals surface area (Å²) in [5.74, 6) is -1.67. The first-order valence-corrected chi connectivity index (χ1v) is 6.36. The van der Waals surface area contributed by atoms with Crippen LogP contribution in [0.2, 0.25) is 0 Å². The molecule has 1 aromatic rings. The predicted octanol–water partition coefficient (Wildman–Crippen LogP) is 1.72. The highest BCUT2D eigenvalue weighted by molar-refractivity contribution is 6.00. The number of nitrogens with one attached hydrogen (secondary N) is 1. The number of amides is 2. The molecule has 114 valence electrons. The van der Waals surface area contributed by atoms with E-state index in [1.54, 1.807) is 19.9 Å². The number of ether oxygens (including phenoxy) is 1. The van der Waals surface area contributed by atoms with Crippen molar-refractivity contribution in [3.05, 3.63) is 29.3 Å². The van der Waals surface area contributed by atoms with Gasteiger partial charge in [-0.15, -0.1) is 0 Å². The molecule has 0 saturated carbocycles. The Morgan fingerprint density at radius 2 is 2.00 bits per heavy atom. The minimum atomic E-state index is -1.14. The number of carboxylic acid groups (broad SMARTS) is 1. The summed E-state index contributed by atoms with van der Waals surface area (Å²) in [6.07, 6.45) is 0. The third-order valence-corrected chi connectivity index (χ3v) is 2.67. The third-order valence-electron chi connectivity index (χ3n) is 2.67. The number of carbonyl (C=O) groups excluding carboxylic acids is 2. The first-order chi connectivity index (χ1) is 9.85. The smallest absolute Gasteiger partial charge is 0.337 e. The van der Waals surface area contributed by atoms with Crippen molar-refractivity contribution < 1.29 is 24.2 Å². The van der Waals surface area contributed by atoms with Crippen molar-refractivity contribution in [3.63, 3.8) is 0 Å². The van der Waals surface area contributed by atoms with E-state index >= 15 is 0 Å². The Hall–Kier alpha value is -2.57. The second-order valence-electron chi connectivity index (χ2n) is 4.45. The topological polar surface area (TPSA) is 95.9 Å². The molecular formula is C14H18N2O5. The highest BCUT2D eigenvalue weighted by Gasteiger charge is 2.17. The molecule has 0 aliphatic rings. The maximum Gasteiger partial charge on any atom is 0.337 e. The van der Waals surface area contributed by atoms with Crippen molar-refractivity contribution >= 4 is 23.7 Å². The van der Waals surface area contributed by atoms with Crippen LogP contribution in [0.5, 0.6) is 0 Å². The van der Waals surface area contributed by atoms with Crippen molar-refractivity contribution in [2.24, 2.45) is 0 Å². The van der Waals surface area contributed by atoms with E-state index in [9.17, 15) is 14.4 Å². The van der Waals surface area contributed by atoms with Crippen LogP contribution in [0.25, 0.3) is 0 Å². The van der Waals surface area contributed by atoms with E-state index < -0.39 is 18.0 Å². The van der Waals surface area contributed by atoms with E-state index in [0.717, 1.165) is 10.5 Å².